The zero-order valence-corrected chi connectivity index (χ0v) is 26.5. The van der Waals surface area contributed by atoms with Crippen LogP contribution >= 0.6 is 0 Å². The molecule has 0 fully saturated rings. The quantitative estimate of drug-likeness (QED) is 0.190. The molecule has 0 aliphatic carbocycles. The van der Waals surface area contributed by atoms with E-state index in [0.29, 0.717) is 0 Å². The minimum Gasteiger partial charge on any atom is -0.456 e. The Morgan fingerprint density at radius 1 is 0.327 bits per heavy atom. The molecule has 10 rings (SSSR count). The third-order valence-electron chi connectivity index (χ3n) is 9.64. The summed E-state index contributed by atoms with van der Waals surface area (Å²) >= 11 is 0. The van der Waals surface area contributed by atoms with Crippen LogP contribution < -0.4 is 4.90 Å². The maximum Gasteiger partial charge on any atom is 0.137 e. The van der Waals surface area contributed by atoms with Gasteiger partial charge in [-0.2, -0.15) is 0 Å². The molecule has 0 bridgehead atoms. The Kier molecular flexibility index (Phi) is 6.18. The van der Waals surface area contributed by atoms with Crippen LogP contribution in [0.5, 0.6) is 0 Å². The molecule has 0 amide bonds. The van der Waals surface area contributed by atoms with Crippen molar-refractivity contribution in [1.82, 2.24) is 0 Å². The molecule has 0 aliphatic heterocycles. The lowest BCUT2D eigenvalue weighted by atomic mass is 10.0. The van der Waals surface area contributed by atoms with Crippen LogP contribution in [0.3, 0.4) is 0 Å². The number of rotatable bonds is 5. The van der Waals surface area contributed by atoms with Crippen molar-refractivity contribution in [3.05, 3.63) is 176 Å². The average Bonchev–Trinajstić information content (AvgIpc) is 3.72. The first-order valence-electron chi connectivity index (χ1n) is 16.6. The SMILES string of the molecule is c1ccc(-c2ccc(N(c3ccc4ccccc4c3)c3cccc4oc5cc6c(cc5c34)oc3ccc(-c4ccccc4)cc36)cc2)cc1. The predicted octanol–water partition coefficient (Wildman–Crippen LogP) is 13.4. The smallest absolute Gasteiger partial charge is 0.137 e. The third-order valence-corrected chi connectivity index (χ3v) is 9.64. The summed E-state index contributed by atoms with van der Waals surface area (Å²) in [7, 11) is 0. The van der Waals surface area contributed by atoms with E-state index < -0.39 is 0 Å². The summed E-state index contributed by atoms with van der Waals surface area (Å²) < 4.78 is 13.1. The first-order chi connectivity index (χ1) is 24.3. The zero-order valence-electron chi connectivity index (χ0n) is 26.5. The van der Waals surface area contributed by atoms with Gasteiger partial charge in [0, 0.05) is 27.5 Å². The second-order valence-corrected chi connectivity index (χ2v) is 12.6. The van der Waals surface area contributed by atoms with Gasteiger partial charge in [0.2, 0.25) is 0 Å². The lowest BCUT2D eigenvalue weighted by molar-refractivity contribution is 0.664. The third kappa shape index (κ3) is 4.59. The van der Waals surface area contributed by atoms with Gasteiger partial charge in [0.1, 0.15) is 22.3 Å². The van der Waals surface area contributed by atoms with E-state index in [4.69, 9.17) is 8.83 Å². The van der Waals surface area contributed by atoms with E-state index in [-0.39, 0.29) is 0 Å². The molecule has 0 aliphatic rings. The van der Waals surface area contributed by atoms with Gasteiger partial charge in [-0.1, -0.05) is 115 Å². The Hall–Kier alpha value is -6.58. The van der Waals surface area contributed by atoms with Crippen LogP contribution in [0.15, 0.2) is 185 Å². The van der Waals surface area contributed by atoms with Crippen LogP contribution in [-0.2, 0) is 0 Å². The molecule has 0 radical (unpaired) electrons. The highest BCUT2D eigenvalue weighted by molar-refractivity contribution is 6.19. The van der Waals surface area contributed by atoms with E-state index in [1.54, 1.807) is 0 Å². The van der Waals surface area contributed by atoms with Crippen molar-refractivity contribution < 1.29 is 8.83 Å². The van der Waals surface area contributed by atoms with Crippen LogP contribution in [0.4, 0.5) is 17.1 Å². The average molecular weight is 628 g/mol. The Balaban J connectivity index is 1.18. The monoisotopic (exact) mass is 627 g/mol. The van der Waals surface area contributed by atoms with Gasteiger partial charge in [-0.3, -0.25) is 0 Å². The number of hydrogen-bond acceptors (Lipinski definition) is 3. The number of hydrogen-bond donors (Lipinski definition) is 0. The highest BCUT2D eigenvalue weighted by atomic mass is 16.3. The standard InChI is InChI=1S/C46H29NO2/c1-3-10-30(11-4-1)33-18-22-36(23-19-33)47(37-24-20-32-14-7-8-15-34(32)26-37)41-16-9-17-43-46(41)40-29-44-39(28-45(40)49-43)38-27-35(21-25-42(38)48-44)31-12-5-2-6-13-31/h1-29H. The maximum atomic E-state index is 6.64. The molecule has 0 unspecified atom stereocenters. The number of fused-ring (bicyclic) bond motifs is 7. The van der Waals surface area contributed by atoms with Gasteiger partial charge in [-0.05, 0) is 93.7 Å². The fraction of sp³-hybridized carbons (Fsp3) is 0. The predicted molar refractivity (Wildman–Crippen MR) is 204 cm³/mol. The van der Waals surface area contributed by atoms with Gasteiger partial charge >= 0.3 is 0 Å². The second-order valence-electron chi connectivity index (χ2n) is 12.6. The summed E-state index contributed by atoms with van der Waals surface area (Å²) in [6, 6.07) is 62.0. The summed E-state index contributed by atoms with van der Waals surface area (Å²) in [6.45, 7) is 0. The van der Waals surface area contributed by atoms with E-state index in [9.17, 15) is 0 Å². The molecule has 0 N–H and O–H groups in total. The number of anilines is 3. The van der Waals surface area contributed by atoms with Crippen molar-refractivity contribution in [1.29, 1.82) is 0 Å². The second kappa shape index (κ2) is 11.0. The Labute approximate surface area is 282 Å². The van der Waals surface area contributed by atoms with Gasteiger partial charge in [0.15, 0.2) is 0 Å². The highest BCUT2D eigenvalue weighted by Crippen LogP contribution is 2.45. The number of nitrogens with zero attached hydrogens (tertiary/aromatic N) is 1. The molecule has 8 aromatic carbocycles. The summed E-state index contributed by atoms with van der Waals surface area (Å²) in [5.41, 5.74) is 11.3. The largest absolute Gasteiger partial charge is 0.456 e. The topological polar surface area (TPSA) is 29.5 Å². The van der Waals surface area contributed by atoms with Crippen molar-refractivity contribution in [2.24, 2.45) is 0 Å². The van der Waals surface area contributed by atoms with Crippen LogP contribution in [-0.4, -0.2) is 0 Å². The van der Waals surface area contributed by atoms with Gasteiger partial charge in [-0.15, -0.1) is 0 Å². The first kappa shape index (κ1) is 27.5. The maximum absolute atomic E-state index is 6.64. The van der Waals surface area contributed by atoms with Crippen LogP contribution in [0, 0.1) is 0 Å². The van der Waals surface area contributed by atoms with Crippen molar-refractivity contribution in [2.75, 3.05) is 4.90 Å². The summed E-state index contributed by atoms with van der Waals surface area (Å²) in [4.78, 5) is 2.34. The van der Waals surface area contributed by atoms with Gasteiger partial charge in [0.05, 0.1) is 11.1 Å². The van der Waals surface area contributed by atoms with Gasteiger partial charge in [0.25, 0.3) is 0 Å². The summed E-state index contributed by atoms with van der Waals surface area (Å²) in [5, 5.41) is 6.59. The molecule has 0 spiro atoms. The Morgan fingerprint density at radius 3 is 1.71 bits per heavy atom. The molecule has 2 heterocycles. The minimum absolute atomic E-state index is 0.834. The Bertz CT molecular complexity index is 2810. The van der Waals surface area contributed by atoms with Gasteiger partial charge < -0.3 is 13.7 Å². The van der Waals surface area contributed by atoms with Crippen molar-refractivity contribution >= 4 is 71.7 Å². The molecule has 49 heavy (non-hydrogen) atoms. The fourth-order valence-corrected chi connectivity index (χ4v) is 7.25. The van der Waals surface area contributed by atoms with Crippen LogP contribution in [0.1, 0.15) is 0 Å². The van der Waals surface area contributed by atoms with E-state index in [2.05, 4.69) is 175 Å². The molecule has 3 nitrogen and oxygen atoms in total. The van der Waals surface area contributed by atoms with Crippen LogP contribution in [0.25, 0.3) is 76.9 Å². The molecule has 0 saturated heterocycles. The number of benzene rings is 8. The van der Waals surface area contributed by atoms with Crippen LogP contribution in [0.2, 0.25) is 0 Å². The molecule has 3 heteroatoms. The summed E-state index contributed by atoms with van der Waals surface area (Å²) in [5.74, 6) is 0. The lowest BCUT2D eigenvalue weighted by Crippen LogP contribution is -2.10. The molecular weight excluding hydrogens is 599 g/mol. The first-order valence-corrected chi connectivity index (χ1v) is 16.6. The van der Waals surface area contributed by atoms with Crippen molar-refractivity contribution in [3.8, 4) is 22.3 Å². The van der Waals surface area contributed by atoms with Crippen molar-refractivity contribution in [3.63, 3.8) is 0 Å². The zero-order chi connectivity index (χ0) is 32.3. The molecule has 2 aromatic heterocycles. The normalized spacial score (nSPS) is 11.7. The van der Waals surface area contributed by atoms with Gasteiger partial charge in [-0.25, -0.2) is 0 Å². The molecule has 0 saturated carbocycles. The van der Waals surface area contributed by atoms with E-state index in [1.165, 1.54) is 27.5 Å². The van der Waals surface area contributed by atoms with Crippen molar-refractivity contribution in [2.45, 2.75) is 0 Å². The highest BCUT2D eigenvalue weighted by Gasteiger charge is 2.21. The molecule has 10 aromatic rings. The Morgan fingerprint density at radius 2 is 0.918 bits per heavy atom. The molecular formula is C46H29NO2. The van der Waals surface area contributed by atoms with E-state index in [0.717, 1.165) is 66.5 Å². The van der Waals surface area contributed by atoms with E-state index in [1.807, 2.05) is 6.07 Å². The fourth-order valence-electron chi connectivity index (χ4n) is 7.25. The molecule has 230 valence electrons. The number of furan rings is 2. The summed E-state index contributed by atoms with van der Waals surface area (Å²) in [6.07, 6.45) is 0. The molecule has 0 atom stereocenters. The van der Waals surface area contributed by atoms with E-state index >= 15 is 0 Å². The lowest BCUT2D eigenvalue weighted by Gasteiger charge is -2.27. The minimum atomic E-state index is 0.834.